The molecule has 1 aromatic heterocycles. The van der Waals surface area contributed by atoms with Crippen LogP contribution in [-0.4, -0.2) is 10.2 Å². The number of halogens is 2. The predicted molar refractivity (Wildman–Crippen MR) is 82.2 cm³/mol. The zero-order valence-electron chi connectivity index (χ0n) is 10.9. The van der Waals surface area contributed by atoms with E-state index in [4.69, 9.17) is 23.2 Å². The third-order valence-electron chi connectivity index (χ3n) is 2.91. The number of rotatable bonds is 3. The number of nitrogens with zero attached hydrogens (tertiary/aromatic N) is 3. The molecule has 0 aliphatic rings. The molecule has 1 heterocycles. The Morgan fingerprint density at radius 2 is 2.00 bits per heavy atom. The molecule has 6 heteroatoms. The van der Waals surface area contributed by atoms with Crippen LogP contribution < -0.4 is 0 Å². The smallest absolute Gasteiger partial charge is 0.137 e. The number of aryl methyl sites for hydroxylation is 1. The third kappa shape index (κ3) is 3.24. The van der Waals surface area contributed by atoms with E-state index in [1.54, 1.807) is 12.1 Å². The quantitative estimate of drug-likeness (QED) is 0.776. The second kappa shape index (κ2) is 6.45. The molecule has 0 aliphatic carbocycles. The summed E-state index contributed by atoms with van der Waals surface area (Å²) in [5.41, 5.74) is 3.17. The molecule has 0 fully saturated rings. The van der Waals surface area contributed by atoms with E-state index in [1.807, 2.05) is 19.9 Å². The highest BCUT2D eigenvalue weighted by Gasteiger charge is 2.12. The average Bonchev–Trinajstić information content (AvgIpc) is 2.41. The molecule has 0 bridgehead atoms. The SMILES string of the molecule is Cc1nnc(SCc2ccc(Cl)cc2Cl)c(C#N)c1C. The van der Waals surface area contributed by atoms with E-state index in [2.05, 4.69) is 16.3 Å². The topological polar surface area (TPSA) is 49.6 Å². The van der Waals surface area contributed by atoms with Crippen molar-refractivity contribution in [3.63, 3.8) is 0 Å². The van der Waals surface area contributed by atoms with E-state index in [0.717, 1.165) is 16.8 Å². The highest BCUT2D eigenvalue weighted by atomic mass is 35.5. The van der Waals surface area contributed by atoms with Gasteiger partial charge in [-0.05, 0) is 37.1 Å². The lowest BCUT2D eigenvalue weighted by Gasteiger charge is -2.07. The van der Waals surface area contributed by atoms with Crippen molar-refractivity contribution < 1.29 is 0 Å². The monoisotopic (exact) mass is 323 g/mol. The minimum Gasteiger partial charge on any atom is -0.192 e. The van der Waals surface area contributed by atoms with E-state index in [9.17, 15) is 5.26 Å². The van der Waals surface area contributed by atoms with Gasteiger partial charge in [0.15, 0.2) is 0 Å². The van der Waals surface area contributed by atoms with Crippen LogP contribution in [0.1, 0.15) is 22.4 Å². The minimum absolute atomic E-state index is 0.576. The molecule has 2 rings (SSSR count). The van der Waals surface area contributed by atoms with Crippen molar-refractivity contribution >= 4 is 35.0 Å². The maximum Gasteiger partial charge on any atom is 0.137 e. The van der Waals surface area contributed by atoms with Crippen molar-refractivity contribution in [3.8, 4) is 6.07 Å². The molecule has 3 nitrogen and oxygen atoms in total. The summed E-state index contributed by atoms with van der Waals surface area (Å²) in [5.74, 6) is 0.613. The van der Waals surface area contributed by atoms with E-state index >= 15 is 0 Å². The Bertz CT molecular complexity index is 696. The molecule has 0 atom stereocenters. The molecule has 0 amide bonds. The highest BCUT2D eigenvalue weighted by Crippen LogP contribution is 2.30. The maximum atomic E-state index is 9.24. The molecule has 2 aromatic rings. The summed E-state index contributed by atoms with van der Waals surface area (Å²) < 4.78 is 0. The van der Waals surface area contributed by atoms with Crippen LogP contribution in [0.3, 0.4) is 0 Å². The Hall–Kier alpha value is -1.28. The highest BCUT2D eigenvalue weighted by molar-refractivity contribution is 7.98. The van der Waals surface area contributed by atoms with Gasteiger partial charge < -0.3 is 0 Å². The van der Waals surface area contributed by atoms with Crippen LogP contribution in [0.25, 0.3) is 0 Å². The van der Waals surface area contributed by atoms with Crippen molar-refractivity contribution in [1.29, 1.82) is 5.26 Å². The summed E-state index contributed by atoms with van der Waals surface area (Å²) in [4.78, 5) is 0. The van der Waals surface area contributed by atoms with Gasteiger partial charge in [-0.1, -0.05) is 41.0 Å². The molecule has 0 aliphatic heterocycles. The molecule has 20 heavy (non-hydrogen) atoms. The number of thioether (sulfide) groups is 1. The summed E-state index contributed by atoms with van der Waals surface area (Å²) in [6, 6.07) is 7.56. The third-order valence-corrected chi connectivity index (χ3v) is 4.52. The van der Waals surface area contributed by atoms with Gasteiger partial charge in [0.1, 0.15) is 11.1 Å². The second-order valence-corrected chi connectivity index (χ2v) is 6.03. The molecule has 102 valence electrons. The lowest BCUT2D eigenvalue weighted by Crippen LogP contribution is -1.99. The van der Waals surface area contributed by atoms with Crippen LogP contribution in [-0.2, 0) is 5.75 Å². The Morgan fingerprint density at radius 3 is 2.65 bits per heavy atom. The first-order valence-electron chi connectivity index (χ1n) is 5.83. The fourth-order valence-electron chi connectivity index (χ4n) is 1.60. The lowest BCUT2D eigenvalue weighted by atomic mass is 10.1. The van der Waals surface area contributed by atoms with Crippen LogP contribution in [0, 0.1) is 25.2 Å². The van der Waals surface area contributed by atoms with Crippen LogP contribution in [0.2, 0.25) is 10.0 Å². The number of benzene rings is 1. The predicted octanol–water partition coefficient (Wildman–Crippen LogP) is 4.56. The molecule has 0 saturated heterocycles. The largest absolute Gasteiger partial charge is 0.192 e. The lowest BCUT2D eigenvalue weighted by molar-refractivity contribution is 0.871. The first-order chi connectivity index (χ1) is 9.52. The average molecular weight is 324 g/mol. The number of hydrogen-bond acceptors (Lipinski definition) is 4. The standard InChI is InChI=1S/C14H11Cl2N3S/c1-8-9(2)18-19-14(12(8)6-17)20-7-10-3-4-11(15)5-13(10)16/h3-5H,7H2,1-2H3. The Balaban J connectivity index is 2.24. The van der Waals surface area contributed by atoms with Crippen molar-refractivity contribution in [1.82, 2.24) is 10.2 Å². The molecule has 0 radical (unpaired) electrons. The maximum absolute atomic E-state index is 9.24. The minimum atomic E-state index is 0.576. The summed E-state index contributed by atoms with van der Waals surface area (Å²) in [6.45, 7) is 3.72. The van der Waals surface area contributed by atoms with Gasteiger partial charge in [-0.3, -0.25) is 0 Å². The van der Waals surface area contributed by atoms with Crippen LogP contribution in [0.4, 0.5) is 0 Å². The van der Waals surface area contributed by atoms with Gasteiger partial charge in [-0.15, -0.1) is 5.10 Å². The van der Waals surface area contributed by atoms with E-state index < -0.39 is 0 Å². The van der Waals surface area contributed by atoms with Gasteiger partial charge >= 0.3 is 0 Å². The molecule has 1 aromatic carbocycles. The van der Waals surface area contributed by atoms with Gasteiger partial charge in [-0.2, -0.15) is 10.4 Å². The van der Waals surface area contributed by atoms with Crippen molar-refractivity contribution in [2.24, 2.45) is 0 Å². The summed E-state index contributed by atoms with van der Waals surface area (Å²) in [6.07, 6.45) is 0. The molecular formula is C14H11Cl2N3S. The number of aromatic nitrogens is 2. The van der Waals surface area contributed by atoms with E-state index in [1.165, 1.54) is 11.8 Å². The van der Waals surface area contributed by atoms with E-state index in [0.29, 0.717) is 26.4 Å². The molecule has 0 spiro atoms. The fraction of sp³-hybridized carbons (Fsp3) is 0.214. The summed E-state index contributed by atoms with van der Waals surface area (Å²) in [5, 5.41) is 19.2. The molecule has 0 unspecified atom stereocenters. The van der Waals surface area contributed by atoms with Crippen LogP contribution in [0.15, 0.2) is 23.2 Å². The summed E-state index contributed by atoms with van der Waals surface area (Å²) >= 11 is 13.4. The van der Waals surface area contributed by atoms with Gasteiger partial charge in [0, 0.05) is 15.8 Å². The van der Waals surface area contributed by atoms with Crippen LogP contribution in [0.5, 0.6) is 0 Å². The Kier molecular flexibility index (Phi) is 4.87. The first-order valence-corrected chi connectivity index (χ1v) is 7.57. The second-order valence-electron chi connectivity index (χ2n) is 4.23. The number of nitriles is 1. The zero-order valence-corrected chi connectivity index (χ0v) is 13.3. The molecule has 0 saturated carbocycles. The Labute approximate surface area is 131 Å². The first kappa shape index (κ1) is 15.1. The van der Waals surface area contributed by atoms with Crippen molar-refractivity contribution in [2.75, 3.05) is 0 Å². The number of hydrogen-bond donors (Lipinski definition) is 0. The van der Waals surface area contributed by atoms with Crippen molar-refractivity contribution in [2.45, 2.75) is 24.6 Å². The van der Waals surface area contributed by atoms with Gasteiger partial charge in [0.25, 0.3) is 0 Å². The Morgan fingerprint density at radius 1 is 1.25 bits per heavy atom. The molecule has 0 N–H and O–H groups in total. The van der Waals surface area contributed by atoms with Crippen molar-refractivity contribution in [3.05, 3.63) is 50.6 Å². The van der Waals surface area contributed by atoms with Gasteiger partial charge in [-0.25, -0.2) is 0 Å². The fourth-order valence-corrected chi connectivity index (χ4v) is 3.14. The molecular weight excluding hydrogens is 313 g/mol. The normalized spacial score (nSPS) is 10.3. The zero-order chi connectivity index (χ0) is 14.7. The van der Waals surface area contributed by atoms with Crippen LogP contribution >= 0.6 is 35.0 Å². The summed E-state index contributed by atoms with van der Waals surface area (Å²) in [7, 11) is 0. The van der Waals surface area contributed by atoms with Gasteiger partial charge in [0.05, 0.1) is 11.3 Å². The van der Waals surface area contributed by atoms with E-state index in [-0.39, 0.29) is 0 Å². The van der Waals surface area contributed by atoms with Gasteiger partial charge in [0.2, 0.25) is 0 Å².